The molecule has 1 heterocycles. The average Bonchev–Trinajstić information content (AvgIpc) is 2.37. The zero-order valence-electron chi connectivity index (χ0n) is 12.0. The molecule has 114 valence electrons. The van der Waals surface area contributed by atoms with Gasteiger partial charge in [-0.05, 0) is 26.7 Å². The number of likely N-dealkylation sites (tertiary alicyclic amines) is 1. The van der Waals surface area contributed by atoms with E-state index in [0.717, 1.165) is 0 Å². The molecule has 7 heteroatoms. The van der Waals surface area contributed by atoms with Crippen molar-refractivity contribution in [2.75, 3.05) is 19.6 Å². The average molecular weight is 285 g/mol. The second-order valence-corrected chi connectivity index (χ2v) is 5.33. The predicted molar refractivity (Wildman–Crippen MR) is 73.2 cm³/mol. The van der Waals surface area contributed by atoms with Gasteiger partial charge in [-0.15, -0.1) is 0 Å². The molecule has 3 N–H and O–H groups in total. The number of carboxylic acids is 1. The third-order valence-corrected chi connectivity index (χ3v) is 3.14. The lowest BCUT2D eigenvalue weighted by Gasteiger charge is -2.30. The van der Waals surface area contributed by atoms with Crippen LogP contribution in [0.25, 0.3) is 0 Å². The molecule has 0 aromatic heterocycles. The van der Waals surface area contributed by atoms with E-state index < -0.39 is 11.9 Å². The molecule has 0 aromatic carbocycles. The molecule has 1 aliphatic rings. The highest BCUT2D eigenvalue weighted by atomic mass is 16.4. The second-order valence-electron chi connectivity index (χ2n) is 5.33. The highest BCUT2D eigenvalue weighted by Gasteiger charge is 2.27. The molecule has 0 bridgehead atoms. The van der Waals surface area contributed by atoms with E-state index in [-0.39, 0.29) is 37.5 Å². The quantitative estimate of drug-likeness (QED) is 0.681. The monoisotopic (exact) mass is 285 g/mol. The highest BCUT2D eigenvalue weighted by molar-refractivity contribution is 5.79. The molecule has 0 spiro atoms. The van der Waals surface area contributed by atoms with Crippen LogP contribution in [-0.4, -0.2) is 53.6 Å². The molecule has 1 unspecified atom stereocenters. The fraction of sp³-hybridized carbons (Fsp3) is 0.769. The number of nitrogens with one attached hydrogen (secondary N) is 2. The Bertz CT molecular complexity index is 371. The van der Waals surface area contributed by atoms with E-state index in [2.05, 4.69) is 10.6 Å². The van der Waals surface area contributed by atoms with Crippen LogP contribution in [0.1, 0.15) is 33.1 Å². The van der Waals surface area contributed by atoms with Crippen LogP contribution in [0.2, 0.25) is 0 Å². The molecule has 1 saturated heterocycles. The number of carbonyl (C=O) groups excluding carboxylic acids is 2. The normalized spacial score (nSPS) is 18.8. The zero-order valence-corrected chi connectivity index (χ0v) is 12.0. The fourth-order valence-electron chi connectivity index (χ4n) is 2.15. The minimum absolute atomic E-state index is 0.0802. The van der Waals surface area contributed by atoms with Crippen LogP contribution in [0.15, 0.2) is 0 Å². The Morgan fingerprint density at radius 2 is 2.05 bits per heavy atom. The molecule has 20 heavy (non-hydrogen) atoms. The van der Waals surface area contributed by atoms with Crippen molar-refractivity contribution < 1.29 is 19.5 Å². The Labute approximate surface area is 118 Å². The molecule has 1 rings (SSSR count). The SMILES string of the molecule is CC(C)NC(=O)CCNC(=O)N1CCCC(C(=O)O)C1. The number of amides is 3. The Kier molecular flexibility index (Phi) is 6.27. The summed E-state index contributed by atoms with van der Waals surface area (Å²) in [6.45, 7) is 4.80. The van der Waals surface area contributed by atoms with Crippen LogP contribution >= 0.6 is 0 Å². The number of urea groups is 1. The number of nitrogens with zero attached hydrogens (tertiary/aromatic N) is 1. The van der Waals surface area contributed by atoms with Gasteiger partial charge in [-0.25, -0.2) is 4.79 Å². The number of hydrogen-bond acceptors (Lipinski definition) is 3. The van der Waals surface area contributed by atoms with Gasteiger partial charge in [0.1, 0.15) is 0 Å². The summed E-state index contributed by atoms with van der Waals surface area (Å²) in [5.41, 5.74) is 0. The first-order chi connectivity index (χ1) is 9.40. The Balaban J connectivity index is 2.28. The molecule has 7 nitrogen and oxygen atoms in total. The van der Waals surface area contributed by atoms with Crippen LogP contribution < -0.4 is 10.6 Å². The van der Waals surface area contributed by atoms with Crippen molar-refractivity contribution in [1.82, 2.24) is 15.5 Å². The van der Waals surface area contributed by atoms with Crippen molar-refractivity contribution in [3.63, 3.8) is 0 Å². The Hall–Kier alpha value is -1.79. The first-order valence-electron chi connectivity index (χ1n) is 6.95. The van der Waals surface area contributed by atoms with E-state index in [4.69, 9.17) is 5.11 Å². The van der Waals surface area contributed by atoms with Crippen LogP contribution in [0.5, 0.6) is 0 Å². The van der Waals surface area contributed by atoms with Crippen molar-refractivity contribution >= 4 is 17.9 Å². The van der Waals surface area contributed by atoms with Crippen molar-refractivity contribution in [3.05, 3.63) is 0 Å². The third kappa shape index (κ3) is 5.46. The number of aliphatic carboxylic acids is 1. The zero-order chi connectivity index (χ0) is 15.1. The standard InChI is InChI=1S/C13H23N3O4/c1-9(2)15-11(17)5-6-14-13(20)16-7-3-4-10(8-16)12(18)19/h9-10H,3-8H2,1-2H3,(H,14,20)(H,15,17)(H,18,19). The summed E-state index contributed by atoms with van der Waals surface area (Å²) >= 11 is 0. The summed E-state index contributed by atoms with van der Waals surface area (Å²) in [5.74, 6) is -1.46. The molecule has 0 aliphatic carbocycles. The van der Waals surface area contributed by atoms with Gasteiger partial charge in [-0.2, -0.15) is 0 Å². The van der Waals surface area contributed by atoms with Crippen molar-refractivity contribution in [2.45, 2.75) is 39.2 Å². The maximum atomic E-state index is 11.9. The summed E-state index contributed by atoms with van der Waals surface area (Å²) < 4.78 is 0. The van der Waals surface area contributed by atoms with Gasteiger partial charge >= 0.3 is 12.0 Å². The maximum absolute atomic E-state index is 11.9. The molecule has 3 amide bonds. The smallest absolute Gasteiger partial charge is 0.317 e. The van der Waals surface area contributed by atoms with Crippen molar-refractivity contribution in [3.8, 4) is 0 Å². The van der Waals surface area contributed by atoms with Gasteiger partial charge in [0.05, 0.1) is 5.92 Å². The first-order valence-corrected chi connectivity index (χ1v) is 6.95. The van der Waals surface area contributed by atoms with E-state index in [0.29, 0.717) is 19.4 Å². The third-order valence-electron chi connectivity index (χ3n) is 3.14. The summed E-state index contributed by atoms with van der Waals surface area (Å²) in [5, 5.41) is 14.3. The minimum atomic E-state index is -0.862. The molecule has 1 aliphatic heterocycles. The number of carbonyl (C=O) groups is 3. The van der Waals surface area contributed by atoms with Crippen molar-refractivity contribution in [1.29, 1.82) is 0 Å². The topological polar surface area (TPSA) is 98.7 Å². The predicted octanol–water partition coefficient (Wildman–Crippen LogP) is 0.407. The van der Waals surface area contributed by atoms with E-state index >= 15 is 0 Å². The molecule has 0 aromatic rings. The van der Waals surface area contributed by atoms with E-state index in [9.17, 15) is 14.4 Å². The second kappa shape index (κ2) is 7.72. The molecule has 1 atom stereocenters. The Morgan fingerprint density at radius 1 is 1.35 bits per heavy atom. The first kappa shape index (κ1) is 16.3. The number of piperidine rings is 1. The summed E-state index contributed by atoms with van der Waals surface area (Å²) in [7, 11) is 0. The molecular formula is C13H23N3O4. The van der Waals surface area contributed by atoms with Gasteiger partial charge < -0.3 is 20.6 Å². The number of carboxylic acid groups (broad SMARTS) is 1. The van der Waals surface area contributed by atoms with E-state index in [1.54, 1.807) is 0 Å². The van der Waals surface area contributed by atoms with Crippen molar-refractivity contribution in [2.24, 2.45) is 5.92 Å². The van der Waals surface area contributed by atoms with Gasteiger partial charge in [-0.3, -0.25) is 9.59 Å². The van der Waals surface area contributed by atoms with Crippen LogP contribution in [0, 0.1) is 5.92 Å². The van der Waals surface area contributed by atoms with Crippen LogP contribution in [-0.2, 0) is 9.59 Å². The van der Waals surface area contributed by atoms with Gasteiger partial charge in [0.15, 0.2) is 0 Å². The molecule has 0 radical (unpaired) electrons. The lowest BCUT2D eigenvalue weighted by molar-refractivity contribution is -0.143. The molecule has 0 saturated carbocycles. The largest absolute Gasteiger partial charge is 0.481 e. The Morgan fingerprint density at radius 3 is 2.65 bits per heavy atom. The maximum Gasteiger partial charge on any atom is 0.317 e. The fourth-order valence-corrected chi connectivity index (χ4v) is 2.15. The minimum Gasteiger partial charge on any atom is -0.481 e. The number of rotatable bonds is 5. The lowest BCUT2D eigenvalue weighted by Crippen LogP contribution is -2.47. The lowest BCUT2D eigenvalue weighted by atomic mass is 9.99. The van der Waals surface area contributed by atoms with Crippen LogP contribution in [0.4, 0.5) is 4.79 Å². The van der Waals surface area contributed by atoms with E-state index in [1.807, 2.05) is 13.8 Å². The van der Waals surface area contributed by atoms with E-state index in [1.165, 1.54) is 4.90 Å². The number of hydrogen-bond donors (Lipinski definition) is 3. The van der Waals surface area contributed by atoms with Gasteiger partial charge in [0.2, 0.25) is 5.91 Å². The summed E-state index contributed by atoms with van der Waals surface area (Å²) in [4.78, 5) is 35.7. The summed E-state index contributed by atoms with van der Waals surface area (Å²) in [6, 6.07) is -0.218. The highest BCUT2D eigenvalue weighted by Crippen LogP contribution is 2.16. The van der Waals surface area contributed by atoms with Gasteiger partial charge in [0, 0.05) is 32.1 Å². The molecule has 1 fully saturated rings. The summed E-state index contributed by atoms with van der Waals surface area (Å²) in [6.07, 6.45) is 1.52. The molecular weight excluding hydrogens is 262 g/mol. The van der Waals surface area contributed by atoms with Gasteiger partial charge in [-0.1, -0.05) is 0 Å². The van der Waals surface area contributed by atoms with Crippen LogP contribution in [0.3, 0.4) is 0 Å². The van der Waals surface area contributed by atoms with Gasteiger partial charge in [0.25, 0.3) is 0 Å².